The number of methoxy groups -OCH3 is 1. The molecule has 2 amide bonds. The zero-order chi connectivity index (χ0) is 20.1. The Kier molecular flexibility index (Phi) is 7.35. The van der Waals surface area contributed by atoms with Crippen molar-refractivity contribution in [3.05, 3.63) is 0 Å². The van der Waals surface area contributed by atoms with E-state index in [1.807, 2.05) is 0 Å². The van der Waals surface area contributed by atoms with Crippen molar-refractivity contribution in [3.8, 4) is 0 Å². The molecule has 6 heteroatoms. The summed E-state index contributed by atoms with van der Waals surface area (Å²) in [5.74, 6) is 0. The number of piperidine rings is 1. The smallest absolute Gasteiger partial charge is 0.317 e. The fourth-order valence-corrected chi connectivity index (χ4v) is 6.26. The van der Waals surface area contributed by atoms with Crippen LogP contribution < -0.4 is 5.32 Å². The van der Waals surface area contributed by atoms with Crippen LogP contribution in [0.2, 0.25) is 0 Å². The van der Waals surface area contributed by atoms with Crippen LogP contribution in [0, 0.1) is 0 Å². The number of urea groups is 1. The van der Waals surface area contributed by atoms with Gasteiger partial charge in [0.2, 0.25) is 0 Å². The lowest BCUT2D eigenvalue weighted by molar-refractivity contribution is -0.203. The molecule has 4 rings (SSSR count). The van der Waals surface area contributed by atoms with Crippen LogP contribution in [0.25, 0.3) is 0 Å². The number of carbonyl (C=O) groups is 1. The van der Waals surface area contributed by atoms with Gasteiger partial charge in [-0.1, -0.05) is 38.5 Å². The molecule has 2 heterocycles. The van der Waals surface area contributed by atoms with Crippen molar-refractivity contribution >= 4 is 6.03 Å². The summed E-state index contributed by atoms with van der Waals surface area (Å²) < 4.78 is 11.4. The molecule has 2 saturated heterocycles. The van der Waals surface area contributed by atoms with Gasteiger partial charge in [-0.25, -0.2) is 4.79 Å². The number of rotatable bonds is 6. The Hall–Kier alpha value is -0.850. The molecule has 4 fully saturated rings. The number of carbonyl (C=O) groups excluding carboxylic acids is 1. The lowest BCUT2D eigenvalue weighted by Gasteiger charge is -2.63. The summed E-state index contributed by atoms with van der Waals surface area (Å²) in [7, 11) is 1.74. The van der Waals surface area contributed by atoms with Crippen LogP contribution in [-0.4, -0.2) is 79.5 Å². The summed E-state index contributed by atoms with van der Waals surface area (Å²) in [5, 5.41) is 3.29. The summed E-state index contributed by atoms with van der Waals surface area (Å²) in [5.41, 5.74) is 0.253. The van der Waals surface area contributed by atoms with Crippen molar-refractivity contribution in [2.24, 2.45) is 0 Å². The summed E-state index contributed by atoms with van der Waals surface area (Å²) in [6.07, 6.45) is 15.3. The summed E-state index contributed by atoms with van der Waals surface area (Å²) >= 11 is 0. The molecule has 0 aromatic heterocycles. The fraction of sp³-hybridized carbons (Fsp3) is 0.957. The second-order valence-corrected chi connectivity index (χ2v) is 9.67. The molecule has 0 aromatic rings. The molecule has 0 radical (unpaired) electrons. The standard InChI is InChI=1S/C23H41N3O3/c1-28-16-17-29-21-18-26(23(21)12-6-3-7-13-23)20-10-14-25(15-11-20)22(27)24-19-8-4-2-5-9-19/h19-21H,2-18H2,1H3,(H,24,27). The van der Waals surface area contributed by atoms with E-state index in [1.54, 1.807) is 7.11 Å². The summed E-state index contributed by atoms with van der Waals surface area (Å²) in [4.78, 5) is 17.5. The first-order valence-corrected chi connectivity index (χ1v) is 12.2. The number of hydrogen-bond donors (Lipinski definition) is 1. The molecular formula is C23H41N3O3. The normalized spacial score (nSPS) is 29.0. The fourth-order valence-electron chi connectivity index (χ4n) is 6.26. The summed E-state index contributed by atoms with van der Waals surface area (Å²) in [6, 6.07) is 1.18. The number of nitrogens with one attached hydrogen (secondary N) is 1. The topological polar surface area (TPSA) is 54.0 Å². The molecule has 2 saturated carbocycles. The zero-order valence-electron chi connectivity index (χ0n) is 18.4. The van der Waals surface area contributed by atoms with E-state index in [2.05, 4.69) is 15.1 Å². The number of likely N-dealkylation sites (tertiary alicyclic amines) is 2. The molecule has 2 aliphatic carbocycles. The molecule has 1 unspecified atom stereocenters. The Bertz CT molecular complexity index is 523. The first kappa shape index (κ1) is 21.4. The highest BCUT2D eigenvalue weighted by atomic mass is 16.5. The predicted octanol–water partition coefficient (Wildman–Crippen LogP) is 3.54. The molecular weight excluding hydrogens is 366 g/mol. The van der Waals surface area contributed by atoms with Crippen molar-refractivity contribution in [3.63, 3.8) is 0 Å². The highest BCUT2D eigenvalue weighted by molar-refractivity contribution is 5.74. The lowest BCUT2D eigenvalue weighted by atomic mass is 9.69. The van der Waals surface area contributed by atoms with Crippen LogP contribution >= 0.6 is 0 Å². The van der Waals surface area contributed by atoms with Gasteiger partial charge in [-0.05, 0) is 38.5 Å². The molecule has 166 valence electrons. The average Bonchev–Trinajstić information content (AvgIpc) is 2.77. The molecule has 29 heavy (non-hydrogen) atoms. The highest BCUT2D eigenvalue weighted by Crippen LogP contribution is 2.47. The van der Waals surface area contributed by atoms with Gasteiger partial charge in [0.1, 0.15) is 0 Å². The van der Waals surface area contributed by atoms with Gasteiger partial charge in [0.25, 0.3) is 0 Å². The second kappa shape index (κ2) is 9.97. The third-order valence-corrected chi connectivity index (χ3v) is 7.98. The third-order valence-electron chi connectivity index (χ3n) is 7.98. The zero-order valence-corrected chi connectivity index (χ0v) is 18.4. The van der Waals surface area contributed by atoms with Gasteiger partial charge >= 0.3 is 6.03 Å². The molecule has 0 aromatic carbocycles. The molecule has 6 nitrogen and oxygen atoms in total. The van der Waals surface area contributed by atoms with Gasteiger partial charge in [-0.2, -0.15) is 0 Å². The van der Waals surface area contributed by atoms with Crippen LogP contribution in [0.5, 0.6) is 0 Å². The Morgan fingerprint density at radius 1 is 0.966 bits per heavy atom. The Morgan fingerprint density at radius 3 is 2.34 bits per heavy atom. The van der Waals surface area contributed by atoms with Crippen LogP contribution in [0.3, 0.4) is 0 Å². The molecule has 1 atom stereocenters. The second-order valence-electron chi connectivity index (χ2n) is 9.67. The van der Waals surface area contributed by atoms with Crippen LogP contribution in [0.4, 0.5) is 4.79 Å². The van der Waals surface area contributed by atoms with Gasteiger partial charge in [0.15, 0.2) is 0 Å². The monoisotopic (exact) mass is 407 g/mol. The average molecular weight is 408 g/mol. The van der Waals surface area contributed by atoms with E-state index in [-0.39, 0.29) is 11.6 Å². The minimum absolute atomic E-state index is 0.173. The minimum atomic E-state index is 0.173. The maximum Gasteiger partial charge on any atom is 0.317 e. The van der Waals surface area contributed by atoms with E-state index in [0.29, 0.717) is 31.4 Å². The number of hydrogen-bond acceptors (Lipinski definition) is 4. The maximum absolute atomic E-state index is 12.7. The quantitative estimate of drug-likeness (QED) is 0.684. The van der Waals surface area contributed by atoms with E-state index in [0.717, 1.165) is 45.3 Å². The van der Waals surface area contributed by atoms with Gasteiger partial charge in [0.05, 0.1) is 19.3 Å². The Balaban J connectivity index is 1.27. The van der Waals surface area contributed by atoms with E-state index in [1.165, 1.54) is 51.4 Å². The van der Waals surface area contributed by atoms with Crippen LogP contribution in [0.15, 0.2) is 0 Å². The third kappa shape index (κ3) is 4.75. The maximum atomic E-state index is 12.7. The molecule has 1 N–H and O–H groups in total. The largest absolute Gasteiger partial charge is 0.382 e. The molecule has 0 bridgehead atoms. The number of nitrogens with zero attached hydrogens (tertiary/aromatic N) is 2. The van der Waals surface area contributed by atoms with Crippen molar-refractivity contribution < 1.29 is 14.3 Å². The van der Waals surface area contributed by atoms with Crippen molar-refractivity contribution in [1.29, 1.82) is 0 Å². The Morgan fingerprint density at radius 2 is 1.66 bits per heavy atom. The number of ether oxygens (including phenoxy) is 2. The van der Waals surface area contributed by atoms with Gasteiger partial charge in [-0.3, -0.25) is 4.90 Å². The van der Waals surface area contributed by atoms with Gasteiger partial charge in [0, 0.05) is 44.4 Å². The lowest BCUT2D eigenvalue weighted by Crippen LogP contribution is -2.75. The number of amides is 2. The Labute approximate surface area is 176 Å². The van der Waals surface area contributed by atoms with E-state index < -0.39 is 0 Å². The van der Waals surface area contributed by atoms with Gasteiger partial charge < -0.3 is 19.7 Å². The summed E-state index contributed by atoms with van der Waals surface area (Å²) in [6.45, 7) is 4.23. The highest BCUT2D eigenvalue weighted by Gasteiger charge is 2.56. The van der Waals surface area contributed by atoms with Gasteiger partial charge in [-0.15, -0.1) is 0 Å². The van der Waals surface area contributed by atoms with Crippen LogP contribution in [-0.2, 0) is 9.47 Å². The predicted molar refractivity (Wildman–Crippen MR) is 114 cm³/mol. The first-order valence-electron chi connectivity index (χ1n) is 12.2. The van der Waals surface area contributed by atoms with E-state index >= 15 is 0 Å². The molecule has 4 aliphatic rings. The van der Waals surface area contributed by atoms with E-state index in [9.17, 15) is 4.79 Å². The SMILES string of the molecule is COCCOC1CN(C2CCN(C(=O)NC3CCCCC3)CC2)C12CCCCC2. The van der Waals surface area contributed by atoms with Crippen molar-refractivity contribution in [2.75, 3.05) is 40.0 Å². The van der Waals surface area contributed by atoms with Crippen LogP contribution in [0.1, 0.15) is 77.0 Å². The minimum Gasteiger partial charge on any atom is -0.382 e. The molecule has 1 spiro atoms. The van der Waals surface area contributed by atoms with E-state index in [4.69, 9.17) is 9.47 Å². The molecule has 2 aliphatic heterocycles. The van der Waals surface area contributed by atoms with Crippen molar-refractivity contribution in [1.82, 2.24) is 15.1 Å². The van der Waals surface area contributed by atoms with Crippen molar-refractivity contribution in [2.45, 2.75) is 101 Å². The first-order chi connectivity index (χ1) is 14.2.